The van der Waals surface area contributed by atoms with Crippen molar-refractivity contribution >= 4 is 17.4 Å². The van der Waals surface area contributed by atoms with Crippen molar-refractivity contribution in [2.24, 2.45) is 0 Å². The van der Waals surface area contributed by atoms with Crippen LogP contribution in [0.15, 0.2) is 48.9 Å². The normalized spacial score (nSPS) is 13.2. The fourth-order valence-electron chi connectivity index (χ4n) is 3.80. The molecule has 4 heterocycles. The highest BCUT2D eigenvalue weighted by Crippen LogP contribution is 2.40. The second-order valence-corrected chi connectivity index (χ2v) is 7.11. The van der Waals surface area contributed by atoms with Gasteiger partial charge in [-0.05, 0) is 37.3 Å². The quantitative estimate of drug-likeness (QED) is 0.511. The number of rotatable bonds is 2. The summed E-state index contributed by atoms with van der Waals surface area (Å²) in [5.41, 5.74) is 4.02. The summed E-state index contributed by atoms with van der Waals surface area (Å²) in [6, 6.07) is 8.78. The molecule has 0 aliphatic carbocycles. The maximum absolute atomic E-state index is 15.0. The van der Waals surface area contributed by atoms with Crippen LogP contribution in [-0.2, 0) is 4.79 Å². The van der Waals surface area contributed by atoms with Crippen LogP contribution in [0.3, 0.4) is 0 Å². The Bertz CT molecular complexity index is 1300. The molecule has 150 valence electrons. The summed E-state index contributed by atoms with van der Waals surface area (Å²) in [7, 11) is 0. The molecule has 0 atom stereocenters. The number of carbonyl (C=O) groups is 1. The Morgan fingerprint density at radius 3 is 2.83 bits per heavy atom. The number of anilines is 1. The number of imidazole rings is 1. The van der Waals surface area contributed by atoms with Gasteiger partial charge in [-0.2, -0.15) is 0 Å². The molecule has 0 fully saturated rings. The van der Waals surface area contributed by atoms with Gasteiger partial charge < -0.3 is 9.64 Å². The van der Waals surface area contributed by atoms with Crippen molar-refractivity contribution in [3.63, 3.8) is 0 Å². The molecule has 4 aromatic rings. The second kappa shape index (κ2) is 6.91. The van der Waals surface area contributed by atoms with Gasteiger partial charge in [-0.3, -0.25) is 14.2 Å². The Labute approximate surface area is 171 Å². The van der Waals surface area contributed by atoms with Crippen LogP contribution >= 0.6 is 0 Å². The topological polar surface area (TPSA) is 72.6 Å². The number of carbonyl (C=O) groups excluding carboxylic acids is 1. The van der Waals surface area contributed by atoms with E-state index in [9.17, 15) is 9.18 Å². The van der Waals surface area contributed by atoms with E-state index >= 15 is 0 Å². The number of aromatic nitrogens is 4. The molecule has 1 aromatic carbocycles. The largest absolute Gasteiger partial charge is 0.486 e. The molecular formula is C22H18FN5O2. The number of ether oxygens (including phenoxy) is 1. The average molecular weight is 403 g/mol. The molecule has 0 radical (unpaired) electrons. The molecule has 0 saturated carbocycles. The van der Waals surface area contributed by atoms with Crippen LogP contribution in [-0.4, -0.2) is 38.4 Å². The number of pyridine rings is 1. The minimum absolute atomic E-state index is 0.0865. The zero-order valence-electron chi connectivity index (χ0n) is 16.5. The van der Waals surface area contributed by atoms with Crippen molar-refractivity contribution in [3.8, 4) is 28.3 Å². The lowest BCUT2D eigenvalue weighted by Gasteiger charge is -2.29. The fourth-order valence-corrected chi connectivity index (χ4v) is 3.80. The highest BCUT2D eigenvalue weighted by molar-refractivity contribution is 5.95. The molecule has 5 rings (SSSR count). The van der Waals surface area contributed by atoms with Gasteiger partial charge in [0.25, 0.3) is 0 Å². The van der Waals surface area contributed by atoms with Crippen molar-refractivity contribution in [2.75, 3.05) is 18.1 Å². The lowest BCUT2D eigenvalue weighted by molar-refractivity contribution is -0.116. The van der Waals surface area contributed by atoms with E-state index in [-0.39, 0.29) is 18.3 Å². The molecule has 0 saturated heterocycles. The number of benzene rings is 1. The van der Waals surface area contributed by atoms with Gasteiger partial charge in [-0.1, -0.05) is 0 Å². The Balaban J connectivity index is 1.79. The third-order valence-electron chi connectivity index (χ3n) is 5.10. The second-order valence-electron chi connectivity index (χ2n) is 7.11. The first-order chi connectivity index (χ1) is 14.5. The molecule has 7 nitrogen and oxygen atoms in total. The minimum atomic E-state index is -0.532. The molecule has 0 spiro atoms. The van der Waals surface area contributed by atoms with Crippen LogP contribution in [0.1, 0.15) is 12.6 Å². The van der Waals surface area contributed by atoms with Crippen molar-refractivity contribution < 1.29 is 13.9 Å². The lowest BCUT2D eigenvalue weighted by atomic mass is 10.0. The summed E-state index contributed by atoms with van der Waals surface area (Å²) in [4.78, 5) is 26.9. The zero-order valence-corrected chi connectivity index (χ0v) is 16.5. The molecule has 0 bridgehead atoms. The third-order valence-corrected chi connectivity index (χ3v) is 5.10. The molecule has 0 unspecified atom stereocenters. The van der Waals surface area contributed by atoms with Crippen LogP contribution < -0.4 is 9.64 Å². The Morgan fingerprint density at radius 2 is 2.03 bits per heavy atom. The summed E-state index contributed by atoms with van der Waals surface area (Å²) in [6.45, 7) is 3.99. The standard InChI is InChI=1S/C22H18FN5O2/c1-13-10-15(4-6-24-13)20-19(26-22-25-5-3-7-28(20)22)16-11-17(23)21-18(12-16)27(14(2)29)8-9-30-21/h3-7,10-12H,8-9H2,1-2H3. The summed E-state index contributed by atoms with van der Waals surface area (Å²) < 4.78 is 22.3. The number of aryl methyl sites for hydroxylation is 1. The van der Waals surface area contributed by atoms with Crippen LogP contribution in [0.25, 0.3) is 28.3 Å². The fraction of sp³-hybridized carbons (Fsp3) is 0.182. The average Bonchev–Trinajstić information content (AvgIpc) is 3.13. The summed E-state index contributed by atoms with van der Waals surface area (Å²) in [6.07, 6.45) is 5.25. The molecule has 8 heteroatoms. The first-order valence-corrected chi connectivity index (χ1v) is 9.54. The monoisotopic (exact) mass is 403 g/mol. The maximum Gasteiger partial charge on any atom is 0.234 e. The zero-order chi connectivity index (χ0) is 20.8. The first kappa shape index (κ1) is 18.2. The highest BCUT2D eigenvalue weighted by Gasteiger charge is 2.27. The van der Waals surface area contributed by atoms with E-state index in [4.69, 9.17) is 4.74 Å². The predicted octanol–water partition coefficient (Wildman–Crippen LogP) is 3.65. The van der Waals surface area contributed by atoms with E-state index in [1.54, 1.807) is 18.5 Å². The molecule has 3 aromatic heterocycles. The molecule has 1 aliphatic rings. The number of halogens is 1. The number of fused-ring (bicyclic) bond motifs is 2. The Kier molecular flexibility index (Phi) is 4.20. The van der Waals surface area contributed by atoms with Crippen LogP contribution in [0, 0.1) is 12.7 Å². The molecule has 30 heavy (non-hydrogen) atoms. The molecular weight excluding hydrogens is 385 g/mol. The SMILES string of the molecule is CC(=O)N1CCOc2c(F)cc(-c3nc4ncccn4c3-c3ccnc(C)c3)cc21. The van der Waals surface area contributed by atoms with Crippen LogP contribution in [0.2, 0.25) is 0 Å². The molecule has 0 N–H and O–H groups in total. The minimum Gasteiger partial charge on any atom is -0.486 e. The lowest BCUT2D eigenvalue weighted by Crippen LogP contribution is -2.36. The van der Waals surface area contributed by atoms with Gasteiger partial charge in [0.1, 0.15) is 6.61 Å². The number of amides is 1. The van der Waals surface area contributed by atoms with E-state index < -0.39 is 5.82 Å². The van der Waals surface area contributed by atoms with Crippen LogP contribution in [0.4, 0.5) is 10.1 Å². The van der Waals surface area contributed by atoms with Gasteiger partial charge in [0.15, 0.2) is 11.6 Å². The third kappa shape index (κ3) is 2.88. The number of hydrogen-bond donors (Lipinski definition) is 0. The van der Waals surface area contributed by atoms with E-state index in [2.05, 4.69) is 15.0 Å². The highest BCUT2D eigenvalue weighted by atomic mass is 19.1. The first-order valence-electron chi connectivity index (χ1n) is 9.54. The summed E-state index contributed by atoms with van der Waals surface area (Å²) in [5.74, 6) is -0.119. The maximum atomic E-state index is 15.0. The summed E-state index contributed by atoms with van der Waals surface area (Å²) in [5, 5.41) is 0. The van der Waals surface area contributed by atoms with Gasteiger partial charge >= 0.3 is 0 Å². The van der Waals surface area contributed by atoms with Crippen LogP contribution in [0.5, 0.6) is 5.75 Å². The van der Waals surface area contributed by atoms with E-state index in [0.717, 1.165) is 17.0 Å². The Hall–Kier alpha value is -3.81. The van der Waals surface area contributed by atoms with E-state index in [1.165, 1.54) is 17.9 Å². The van der Waals surface area contributed by atoms with Gasteiger partial charge in [-0.15, -0.1) is 0 Å². The summed E-state index contributed by atoms with van der Waals surface area (Å²) >= 11 is 0. The smallest absolute Gasteiger partial charge is 0.234 e. The van der Waals surface area contributed by atoms with Gasteiger partial charge in [-0.25, -0.2) is 14.4 Å². The van der Waals surface area contributed by atoms with Crippen molar-refractivity contribution in [1.29, 1.82) is 0 Å². The number of nitrogens with zero attached hydrogens (tertiary/aromatic N) is 5. The molecule has 1 aliphatic heterocycles. The predicted molar refractivity (Wildman–Crippen MR) is 110 cm³/mol. The van der Waals surface area contributed by atoms with Crippen molar-refractivity contribution in [3.05, 3.63) is 60.4 Å². The van der Waals surface area contributed by atoms with Crippen molar-refractivity contribution in [1.82, 2.24) is 19.4 Å². The van der Waals surface area contributed by atoms with Gasteiger partial charge in [0, 0.05) is 42.3 Å². The van der Waals surface area contributed by atoms with Gasteiger partial charge in [0.2, 0.25) is 11.7 Å². The number of hydrogen-bond acceptors (Lipinski definition) is 5. The van der Waals surface area contributed by atoms with E-state index in [1.807, 2.05) is 35.7 Å². The van der Waals surface area contributed by atoms with Crippen molar-refractivity contribution in [2.45, 2.75) is 13.8 Å². The Morgan fingerprint density at radius 1 is 1.17 bits per heavy atom. The van der Waals surface area contributed by atoms with E-state index in [0.29, 0.717) is 29.3 Å². The van der Waals surface area contributed by atoms with Gasteiger partial charge in [0.05, 0.1) is 23.6 Å². The molecule has 1 amide bonds.